The van der Waals surface area contributed by atoms with Gasteiger partial charge in [0.2, 0.25) is 0 Å². The molecule has 0 aliphatic rings. The van der Waals surface area contributed by atoms with Gasteiger partial charge in [-0.2, -0.15) is 0 Å². The molecule has 0 fully saturated rings. The van der Waals surface area contributed by atoms with E-state index in [2.05, 4.69) is 15.6 Å². The summed E-state index contributed by atoms with van der Waals surface area (Å²) in [5.41, 5.74) is 9.36. The van der Waals surface area contributed by atoms with E-state index < -0.39 is 15.7 Å². The number of hydrogen-bond donors (Lipinski definition) is 4. The topological polar surface area (TPSA) is 156 Å². The van der Waals surface area contributed by atoms with Gasteiger partial charge in [0, 0.05) is 42.6 Å². The number of aromatic amines is 1. The van der Waals surface area contributed by atoms with E-state index in [1.807, 2.05) is 0 Å². The van der Waals surface area contributed by atoms with Crippen LogP contribution in [-0.4, -0.2) is 36.0 Å². The molecule has 0 atom stereocenters. The van der Waals surface area contributed by atoms with Crippen LogP contribution in [0.1, 0.15) is 26.4 Å². The number of carbonyl (C=O) groups excluding carboxylic acids is 2. The van der Waals surface area contributed by atoms with Crippen LogP contribution >= 0.6 is 0 Å². The average molecular weight is 570 g/mol. The van der Waals surface area contributed by atoms with Crippen molar-refractivity contribution >= 4 is 43.9 Å². The van der Waals surface area contributed by atoms with Gasteiger partial charge in [-0.25, -0.2) is 8.42 Å². The van der Waals surface area contributed by atoms with E-state index in [4.69, 9.17) is 5.73 Å². The van der Waals surface area contributed by atoms with Gasteiger partial charge in [-0.15, -0.1) is 0 Å². The second-order valence-corrected chi connectivity index (χ2v) is 11.7. The third kappa shape index (κ3) is 5.75. The molecule has 5 aromatic rings. The molecule has 11 heteroatoms. The Morgan fingerprint density at radius 1 is 0.951 bits per heavy atom. The third-order valence-electron chi connectivity index (χ3n) is 6.66. The number of benzene rings is 3. The number of aromatic nitrogens is 2. The number of nitrogens with zero attached hydrogens (tertiary/aromatic N) is 1. The molecule has 208 valence electrons. The highest BCUT2D eigenvalue weighted by atomic mass is 32.2. The first kappa shape index (κ1) is 27.4. The molecule has 0 unspecified atom stereocenters. The van der Waals surface area contributed by atoms with Gasteiger partial charge >= 0.3 is 0 Å². The standard InChI is InChI=1S/C30H27N5O5S/c1-35-17-23(20-6-5-7-21(14-20)41(2,39)40)22-15-26(33-27(22)30(35)38)29(37)32-16-18-10-12-19(13-11-18)28(36)34-25-9-4-3-8-24(25)31/h3-15,17,33H,16,31H2,1-2H3,(H,32,37)(H,34,36). The zero-order valence-corrected chi connectivity index (χ0v) is 23.1. The number of pyridine rings is 1. The minimum Gasteiger partial charge on any atom is -0.397 e. The number of aryl methyl sites for hydroxylation is 1. The van der Waals surface area contributed by atoms with Gasteiger partial charge < -0.3 is 25.9 Å². The van der Waals surface area contributed by atoms with Crippen LogP contribution in [0.15, 0.2) is 94.7 Å². The number of rotatable bonds is 7. The second-order valence-electron chi connectivity index (χ2n) is 9.65. The Kier molecular flexibility index (Phi) is 7.21. The first-order valence-electron chi connectivity index (χ1n) is 12.6. The molecule has 2 amide bonds. The quantitative estimate of drug-likeness (QED) is 0.219. The van der Waals surface area contributed by atoms with Gasteiger partial charge in [-0.3, -0.25) is 14.4 Å². The molecule has 0 aliphatic heterocycles. The van der Waals surface area contributed by atoms with Crippen LogP contribution in [0.2, 0.25) is 0 Å². The molecule has 0 aliphatic carbocycles. The highest BCUT2D eigenvalue weighted by molar-refractivity contribution is 7.90. The summed E-state index contributed by atoms with van der Waals surface area (Å²) < 4.78 is 25.5. The lowest BCUT2D eigenvalue weighted by Gasteiger charge is -2.09. The molecule has 2 aromatic heterocycles. The summed E-state index contributed by atoms with van der Waals surface area (Å²) in [6, 6.07) is 21.8. The number of anilines is 2. The predicted molar refractivity (Wildman–Crippen MR) is 159 cm³/mol. The van der Waals surface area contributed by atoms with Crippen molar-refractivity contribution in [1.82, 2.24) is 14.9 Å². The van der Waals surface area contributed by atoms with Crippen molar-refractivity contribution < 1.29 is 18.0 Å². The molecular formula is C30H27N5O5S. The lowest BCUT2D eigenvalue weighted by molar-refractivity contribution is 0.0945. The van der Waals surface area contributed by atoms with Gasteiger partial charge in [0.25, 0.3) is 17.4 Å². The second kappa shape index (κ2) is 10.8. The zero-order valence-electron chi connectivity index (χ0n) is 22.3. The maximum atomic E-state index is 13.0. The molecule has 3 aromatic carbocycles. The maximum Gasteiger partial charge on any atom is 0.274 e. The van der Waals surface area contributed by atoms with E-state index >= 15 is 0 Å². The fraction of sp³-hybridized carbons (Fsp3) is 0.100. The van der Waals surface area contributed by atoms with Gasteiger partial charge in [0.15, 0.2) is 9.84 Å². The van der Waals surface area contributed by atoms with E-state index in [1.165, 1.54) is 10.6 Å². The average Bonchev–Trinajstić information content (AvgIpc) is 3.41. The number of nitrogens with one attached hydrogen (secondary N) is 3. The number of amides is 2. The van der Waals surface area contributed by atoms with Crippen LogP contribution < -0.4 is 21.9 Å². The Bertz CT molecular complexity index is 1980. The molecule has 5 rings (SSSR count). The van der Waals surface area contributed by atoms with Gasteiger partial charge in [-0.1, -0.05) is 36.4 Å². The molecule has 2 heterocycles. The fourth-order valence-corrected chi connectivity index (χ4v) is 5.10. The summed E-state index contributed by atoms with van der Waals surface area (Å²) in [5.74, 6) is -0.739. The minimum atomic E-state index is -3.44. The van der Waals surface area contributed by atoms with Crippen molar-refractivity contribution in [2.24, 2.45) is 7.05 Å². The molecule has 5 N–H and O–H groups in total. The molecule has 0 saturated carbocycles. The Balaban J connectivity index is 1.34. The fourth-order valence-electron chi connectivity index (χ4n) is 4.44. The predicted octanol–water partition coefficient (Wildman–Crippen LogP) is 3.70. The van der Waals surface area contributed by atoms with Gasteiger partial charge in [0.1, 0.15) is 11.2 Å². The smallest absolute Gasteiger partial charge is 0.274 e. The molecule has 0 spiro atoms. The third-order valence-corrected chi connectivity index (χ3v) is 7.77. The molecule has 10 nitrogen and oxygen atoms in total. The van der Waals surface area contributed by atoms with E-state index in [0.29, 0.717) is 33.5 Å². The van der Waals surface area contributed by atoms with Crippen LogP contribution in [0.4, 0.5) is 11.4 Å². The van der Waals surface area contributed by atoms with Crippen molar-refractivity contribution in [3.8, 4) is 11.1 Å². The van der Waals surface area contributed by atoms with Crippen molar-refractivity contribution in [2.45, 2.75) is 11.4 Å². The lowest BCUT2D eigenvalue weighted by Crippen LogP contribution is -2.23. The number of nitrogen functional groups attached to an aromatic ring is 1. The molecule has 41 heavy (non-hydrogen) atoms. The minimum absolute atomic E-state index is 0.151. The number of nitrogens with two attached hydrogens (primary N) is 1. The number of hydrogen-bond acceptors (Lipinski definition) is 6. The number of fused-ring (bicyclic) bond motifs is 1. The number of sulfone groups is 1. The van der Waals surface area contributed by atoms with Gasteiger partial charge in [-0.05, 0) is 53.6 Å². The van der Waals surface area contributed by atoms with Crippen molar-refractivity contribution in [3.05, 3.63) is 112 Å². The lowest BCUT2D eigenvalue weighted by atomic mass is 10.0. The van der Waals surface area contributed by atoms with Gasteiger partial charge in [0.05, 0.1) is 16.3 Å². The summed E-state index contributed by atoms with van der Waals surface area (Å²) in [6.45, 7) is 0.184. The number of H-pyrrole nitrogens is 1. The highest BCUT2D eigenvalue weighted by Gasteiger charge is 2.18. The summed E-state index contributed by atoms with van der Waals surface area (Å²) in [6.07, 6.45) is 2.75. The monoisotopic (exact) mass is 569 g/mol. The SMILES string of the molecule is Cn1cc(-c2cccc(S(C)(=O)=O)c2)c2cc(C(=O)NCc3ccc(C(=O)Nc4ccccc4N)cc3)[nH]c2c1=O. The zero-order chi connectivity index (χ0) is 29.3. The van der Waals surface area contributed by atoms with Crippen molar-refractivity contribution in [3.63, 3.8) is 0 Å². The summed E-state index contributed by atoms with van der Waals surface area (Å²) in [7, 11) is -1.85. The molecule has 0 saturated heterocycles. The van der Waals surface area contributed by atoms with Crippen molar-refractivity contribution in [2.75, 3.05) is 17.3 Å². The largest absolute Gasteiger partial charge is 0.397 e. The van der Waals surface area contributed by atoms with E-state index in [1.54, 1.807) is 86.0 Å². The first-order valence-corrected chi connectivity index (χ1v) is 14.5. The van der Waals surface area contributed by atoms with Crippen LogP contribution in [0.25, 0.3) is 22.0 Å². The van der Waals surface area contributed by atoms with Crippen LogP contribution in [0.3, 0.4) is 0 Å². The number of para-hydroxylation sites is 2. The van der Waals surface area contributed by atoms with Crippen LogP contribution in [0, 0.1) is 0 Å². The molecular weight excluding hydrogens is 542 g/mol. The molecule has 0 bridgehead atoms. The van der Waals surface area contributed by atoms with Crippen LogP contribution in [-0.2, 0) is 23.4 Å². The maximum absolute atomic E-state index is 13.0. The van der Waals surface area contributed by atoms with Crippen molar-refractivity contribution in [1.29, 1.82) is 0 Å². The highest BCUT2D eigenvalue weighted by Crippen LogP contribution is 2.29. The van der Waals surface area contributed by atoms with E-state index in [0.717, 1.165) is 11.8 Å². The summed E-state index contributed by atoms with van der Waals surface area (Å²) in [4.78, 5) is 41.5. The normalized spacial score (nSPS) is 11.4. The Morgan fingerprint density at radius 3 is 2.39 bits per heavy atom. The van der Waals surface area contributed by atoms with E-state index in [9.17, 15) is 22.8 Å². The number of carbonyl (C=O) groups is 2. The Labute approximate surface area is 235 Å². The first-order chi connectivity index (χ1) is 19.5. The molecule has 0 radical (unpaired) electrons. The Hall–Kier alpha value is -5.16. The van der Waals surface area contributed by atoms with Crippen LogP contribution in [0.5, 0.6) is 0 Å². The Morgan fingerprint density at radius 2 is 1.68 bits per heavy atom. The van der Waals surface area contributed by atoms with E-state index in [-0.39, 0.29) is 34.1 Å². The summed E-state index contributed by atoms with van der Waals surface area (Å²) >= 11 is 0. The summed E-state index contributed by atoms with van der Waals surface area (Å²) in [5, 5.41) is 6.09.